The predicted octanol–water partition coefficient (Wildman–Crippen LogP) is 9.33. The van der Waals surface area contributed by atoms with E-state index in [2.05, 4.69) is 31.8 Å². The number of esters is 2. The summed E-state index contributed by atoms with van der Waals surface area (Å²) in [6.07, 6.45) is 30.9. The van der Waals surface area contributed by atoms with Crippen molar-refractivity contribution in [1.29, 1.82) is 0 Å². The van der Waals surface area contributed by atoms with Gasteiger partial charge in [-0.15, -0.1) is 0 Å². The summed E-state index contributed by atoms with van der Waals surface area (Å²) in [5, 5.41) is 19.7. The van der Waals surface area contributed by atoms with E-state index >= 15 is 0 Å². The first kappa shape index (κ1) is 50.1. The topological polar surface area (TPSA) is 165 Å². The summed E-state index contributed by atoms with van der Waals surface area (Å²) in [4.78, 5) is 49.1. The van der Waals surface area contributed by atoms with Crippen LogP contribution in [0.5, 0.6) is 0 Å². The zero-order chi connectivity index (χ0) is 38.7. The molecule has 0 heterocycles. The van der Waals surface area contributed by atoms with E-state index in [0.29, 0.717) is 12.8 Å². The first-order valence-corrected chi connectivity index (χ1v) is 21.6. The van der Waals surface area contributed by atoms with Crippen LogP contribution in [0, 0.1) is 0 Å². The standard InChI is InChI=1S/C41H78N2O8S/c1-3-5-7-9-11-13-15-17-19-21-23-25-27-29-36(45)50-38(32-31-35(52)39(42)40(47)43-34(33-44)41(48)49)51-37(46)30-28-26-24-22-20-18-16-14-12-10-8-6-4-2/h34-35,38-39,44,52H,3-33,42H2,1-2H3,(H,43,47)(H,48,49)/t34-,35?,39-/m0/s1. The molecule has 0 aromatic rings. The van der Waals surface area contributed by atoms with Gasteiger partial charge in [0, 0.05) is 24.5 Å². The van der Waals surface area contributed by atoms with Crippen molar-refractivity contribution >= 4 is 36.4 Å². The number of hydrogen-bond acceptors (Lipinski definition) is 9. The number of carboxylic acid groups (broad SMARTS) is 1. The van der Waals surface area contributed by atoms with Gasteiger partial charge in [-0.3, -0.25) is 14.4 Å². The summed E-state index contributed by atoms with van der Waals surface area (Å²) >= 11 is 4.41. The van der Waals surface area contributed by atoms with E-state index in [-0.39, 0.29) is 25.7 Å². The lowest BCUT2D eigenvalue weighted by Crippen LogP contribution is -2.53. The Kier molecular flexibility index (Phi) is 34.9. The number of carbonyl (C=O) groups excluding carboxylic acids is 3. The lowest BCUT2D eigenvalue weighted by molar-refractivity contribution is -0.189. The van der Waals surface area contributed by atoms with E-state index in [9.17, 15) is 24.3 Å². The van der Waals surface area contributed by atoms with Crippen LogP contribution < -0.4 is 11.1 Å². The van der Waals surface area contributed by atoms with Gasteiger partial charge in [0.05, 0.1) is 12.6 Å². The summed E-state index contributed by atoms with van der Waals surface area (Å²) in [6.45, 7) is 3.70. The van der Waals surface area contributed by atoms with Crippen LogP contribution in [-0.4, -0.2) is 64.3 Å². The fourth-order valence-corrected chi connectivity index (χ4v) is 6.53. The number of carbonyl (C=O) groups is 4. The van der Waals surface area contributed by atoms with Gasteiger partial charge in [0.15, 0.2) is 0 Å². The van der Waals surface area contributed by atoms with Crippen LogP contribution in [0.4, 0.5) is 0 Å². The van der Waals surface area contributed by atoms with E-state index in [1.807, 2.05) is 0 Å². The molecule has 0 aliphatic heterocycles. The van der Waals surface area contributed by atoms with Gasteiger partial charge in [-0.1, -0.05) is 168 Å². The molecule has 3 atom stereocenters. The maximum atomic E-state index is 12.7. The van der Waals surface area contributed by atoms with Crippen molar-refractivity contribution in [3.63, 3.8) is 0 Å². The minimum Gasteiger partial charge on any atom is -0.480 e. The second-order valence-electron chi connectivity index (χ2n) is 14.6. The largest absolute Gasteiger partial charge is 0.480 e. The number of nitrogens with two attached hydrogens (primary N) is 1. The van der Waals surface area contributed by atoms with Gasteiger partial charge in [0.25, 0.3) is 0 Å². The highest BCUT2D eigenvalue weighted by Gasteiger charge is 2.28. The first-order chi connectivity index (χ1) is 25.2. The van der Waals surface area contributed by atoms with Crippen molar-refractivity contribution in [3.05, 3.63) is 0 Å². The zero-order valence-electron chi connectivity index (χ0n) is 33.1. The number of amides is 1. The van der Waals surface area contributed by atoms with Gasteiger partial charge >= 0.3 is 17.9 Å². The van der Waals surface area contributed by atoms with Crippen LogP contribution in [0.1, 0.15) is 206 Å². The van der Waals surface area contributed by atoms with Gasteiger partial charge < -0.3 is 30.7 Å². The molecule has 0 aliphatic rings. The fraction of sp³-hybridized carbons (Fsp3) is 0.902. The van der Waals surface area contributed by atoms with E-state index < -0.39 is 54.0 Å². The van der Waals surface area contributed by atoms with Crippen LogP contribution in [0.15, 0.2) is 0 Å². The fourth-order valence-electron chi connectivity index (χ4n) is 6.24. The Hall–Kier alpha value is -1.85. The van der Waals surface area contributed by atoms with Crippen LogP contribution in [0.2, 0.25) is 0 Å². The highest BCUT2D eigenvalue weighted by molar-refractivity contribution is 7.81. The average molecular weight is 759 g/mol. The van der Waals surface area contributed by atoms with Gasteiger partial charge in [0.1, 0.15) is 6.04 Å². The molecule has 52 heavy (non-hydrogen) atoms. The highest BCUT2D eigenvalue weighted by Crippen LogP contribution is 2.18. The Morgan fingerprint density at radius 3 is 1.21 bits per heavy atom. The van der Waals surface area contributed by atoms with Gasteiger partial charge in [-0.05, 0) is 19.3 Å². The minimum atomic E-state index is -1.48. The molecule has 0 radical (unpaired) electrons. The molecule has 0 saturated heterocycles. The summed E-state index contributed by atoms with van der Waals surface area (Å²) < 4.78 is 11.2. The molecule has 0 fully saturated rings. The predicted molar refractivity (Wildman–Crippen MR) is 213 cm³/mol. The number of thiol groups is 1. The molecule has 5 N–H and O–H groups in total. The van der Waals surface area contributed by atoms with Crippen LogP contribution in [0.25, 0.3) is 0 Å². The Balaban J connectivity index is 4.59. The van der Waals surface area contributed by atoms with Crippen LogP contribution in [-0.2, 0) is 28.7 Å². The maximum absolute atomic E-state index is 12.7. The maximum Gasteiger partial charge on any atom is 0.328 e. The third-order valence-corrected chi connectivity index (χ3v) is 10.3. The summed E-state index contributed by atoms with van der Waals surface area (Å²) in [7, 11) is 0. The second kappa shape index (κ2) is 36.1. The molecular formula is C41H78N2O8S. The molecule has 10 nitrogen and oxygen atoms in total. The summed E-state index contributed by atoms with van der Waals surface area (Å²) in [5.74, 6) is -3.04. The Labute approximate surface area is 322 Å². The van der Waals surface area contributed by atoms with Gasteiger partial charge in [-0.25, -0.2) is 4.79 Å². The van der Waals surface area contributed by atoms with E-state index in [4.69, 9.17) is 20.3 Å². The number of hydrogen-bond donors (Lipinski definition) is 5. The molecule has 0 bridgehead atoms. The molecule has 0 aliphatic carbocycles. The zero-order valence-corrected chi connectivity index (χ0v) is 34.0. The number of carboxylic acids is 1. The molecule has 0 saturated carbocycles. The lowest BCUT2D eigenvalue weighted by Gasteiger charge is -2.23. The number of nitrogens with one attached hydrogen (secondary N) is 1. The van der Waals surface area contributed by atoms with Crippen molar-refractivity contribution < 1.29 is 38.9 Å². The molecule has 0 rings (SSSR count). The van der Waals surface area contributed by atoms with E-state index in [1.54, 1.807) is 0 Å². The first-order valence-electron chi connectivity index (χ1n) is 21.1. The van der Waals surface area contributed by atoms with Gasteiger partial charge in [-0.2, -0.15) is 12.6 Å². The normalized spacial score (nSPS) is 13.1. The molecule has 1 amide bonds. The molecule has 1 unspecified atom stereocenters. The Morgan fingerprint density at radius 1 is 0.577 bits per heavy atom. The Morgan fingerprint density at radius 2 is 0.904 bits per heavy atom. The minimum absolute atomic E-state index is 0.0895. The van der Waals surface area contributed by atoms with Crippen molar-refractivity contribution in [1.82, 2.24) is 5.32 Å². The van der Waals surface area contributed by atoms with E-state index in [1.165, 1.54) is 116 Å². The number of aliphatic hydroxyl groups is 1. The van der Waals surface area contributed by atoms with Crippen molar-refractivity contribution in [2.24, 2.45) is 5.73 Å². The monoisotopic (exact) mass is 759 g/mol. The molecule has 11 heteroatoms. The lowest BCUT2D eigenvalue weighted by atomic mass is 10.0. The molecule has 0 spiro atoms. The van der Waals surface area contributed by atoms with Crippen molar-refractivity contribution in [2.45, 2.75) is 230 Å². The van der Waals surface area contributed by atoms with Crippen molar-refractivity contribution in [3.8, 4) is 0 Å². The number of ether oxygens (including phenoxy) is 2. The number of unbranched alkanes of at least 4 members (excludes halogenated alkanes) is 24. The van der Waals surface area contributed by atoms with Crippen LogP contribution in [0.3, 0.4) is 0 Å². The van der Waals surface area contributed by atoms with E-state index in [0.717, 1.165) is 38.5 Å². The average Bonchev–Trinajstić information content (AvgIpc) is 3.12. The number of aliphatic carboxylic acids is 1. The van der Waals surface area contributed by atoms with Crippen LogP contribution >= 0.6 is 12.6 Å². The molecule has 306 valence electrons. The third-order valence-electron chi connectivity index (χ3n) is 9.71. The second-order valence-corrected chi connectivity index (χ2v) is 15.3. The van der Waals surface area contributed by atoms with Gasteiger partial charge in [0.2, 0.25) is 12.2 Å². The van der Waals surface area contributed by atoms with Crippen molar-refractivity contribution in [2.75, 3.05) is 6.61 Å². The summed E-state index contributed by atoms with van der Waals surface area (Å²) in [5.41, 5.74) is 6.00. The smallest absolute Gasteiger partial charge is 0.328 e. The number of aliphatic hydroxyl groups excluding tert-OH is 1. The molecule has 0 aromatic carbocycles. The third kappa shape index (κ3) is 30.6. The number of rotatable bonds is 38. The highest BCUT2D eigenvalue weighted by atomic mass is 32.1. The Bertz CT molecular complexity index is 849. The summed E-state index contributed by atoms with van der Waals surface area (Å²) in [6, 6.07) is -2.68. The molecule has 0 aromatic heterocycles. The SMILES string of the molecule is CCCCCCCCCCCCCCCC(=O)OC(CCC(S)[C@H](N)C(=O)N[C@@H](CO)C(=O)O)OC(=O)CCCCCCCCCCCCCCC. The quantitative estimate of drug-likeness (QED) is 0.0179. The molecular weight excluding hydrogens is 681 g/mol.